The molecule has 1 heterocycles. The number of rotatable bonds is 9. The number of anilines is 1. The first kappa shape index (κ1) is 24.9. The molecule has 0 atom stereocenters. The maximum Gasteiger partial charge on any atom is 0.331 e. The number of halogens is 1. The largest absolute Gasteiger partial charge is 0.352 e. The van der Waals surface area contributed by atoms with Gasteiger partial charge < -0.3 is 10.6 Å². The Bertz CT molecular complexity index is 1510. The van der Waals surface area contributed by atoms with E-state index < -0.39 is 17.2 Å². The van der Waals surface area contributed by atoms with E-state index in [2.05, 4.69) is 10.6 Å². The van der Waals surface area contributed by atoms with Crippen molar-refractivity contribution >= 4 is 40.0 Å². The number of fused-ring (bicyclic) bond motifs is 1. The van der Waals surface area contributed by atoms with Crippen molar-refractivity contribution in [2.75, 3.05) is 5.32 Å². The summed E-state index contributed by atoms with van der Waals surface area (Å²) >= 11 is 6.12. The first-order valence-electron chi connectivity index (χ1n) is 11.5. The number of hydrogen-bond donors (Lipinski definition) is 2. The Morgan fingerprint density at radius 2 is 1.50 bits per heavy atom. The number of para-hydroxylation sites is 2. The van der Waals surface area contributed by atoms with Crippen molar-refractivity contribution in [1.82, 2.24) is 14.5 Å². The van der Waals surface area contributed by atoms with E-state index in [1.54, 1.807) is 54.6 Å². The van der Waals surface area contributed by atoms with Crippen LogP contribution >= 0.6 is 11.6 Å². The van der Waals surface area contributed by atoms with E-state index in [9.17, 15) is 19.2 Å². The van der Waals surface area contributed by atoms with E-state index in [1.165, 1.54) is 4.57 Å². The van der Waals surface area contributed by atoms with E-state index in [4.69, 9.17) is 11.6 Å². The molecule has 3 aromatic carbocycles. The number of carbonyl (C=O) groups excluding carboxylic acids is 2. The van der Waals surface area contributed by atoms with Gasteiger partial charge in [-0.25, -0.2) is 4.79 Å². The van der Waals surface area contributed by atoms with Crippen LogP contribution in [-0.2, 0) is 29.2 Å². The normalized spacial score (nSPS) is 10.8. The summed E-state index contributed by atoms with van der Waals surface area (Å²) in [4.78, 5) is 51.3. The van der Waals surface area contributed by atoms with Gasteiger partial charge in [0.1, 0.15) is 6.54 Å². The van der Waals surface area contributed by atoms with Gasteiger partial charge in [0.25, 0.3) is 5.56 Å². The quantitative estimate of drug-likeness (QED) is 0.364. The van der Waals surface area contributed by atoms with Gasteiger partial charge in [-0.05, 0) is 42.3 Å². The molecule has 0 unspecified atom stereocenters. The van der Waals surface area contributed by atoms with Crippen molar-refractivity contribution in [3.05, 3.63) is 110 Å². The highest BCUT2D eigenvalue weighted by Crippen LogP contribution is 2.14. The Morgan fingerprint density at radius 1 is 0.806 bits per heavy atom. The molecule has 1 aromatic heterocycles. The molecule has 0 spiro atoms. The number of hydrogen-bond acceptors (Lipinski definition) is 4. The van der Waals surface area contributed by atoms with E-state index in [0.717, 1.165) is 10.1 Å². The molecular formula is C27H25ClN4O4. The fraction of sp³-hybridized carbons (Fsp3) is 0.185. The molecule has 8 nitrogen and oxygen atoms in total. The molecule has 0 aliphatic carbocycles. The van der Waals surface area contributed by atoms with Gasteiger partial charge in [0.05, 0.1) is 10.9 Å². The maximum absolute atomic E-state index is 13.2. The third kappa shape index (κ3) is 5.90. The second-order valence-electron chi connectivity index (χ2n) is 8.23. The Labute approximate surface area is 212 Å². The lowest BCUT2D eigenvalue weighted by atomic mass is 10.2. The number of aromatic nitrogens is 2. The zero-order valence-electron chi connectivity index (χ0n) is 19.4. The van der Waals surface area contributed by atoms with E-state index in [1.807, 2.05) is 24.3 Å². The fourth-order valence-electron chi connectivity index (χ4n) is 3.91. The molecule has 0 aliphatic rings. The summed E-state index contributed by atoms with van der Waals surface area (Å²) in [5, 5.41) is 6.45. The number of benzene rings is 3. The van der Waals surface area contributed by atoms with Crippen LogP contribution in [0.3, 0.4) is 0 Å². The molecule has 0 bridgehead atoms. The molecule has 4 aromatic rings. The Morgan fingerprint density at radius 3 is 2.28 bits per heavy atom. The van der Waals surface area contributed by atoms with Crippen LogP contribution in [0, 0.1) is 0 Å². The predicted octanol–water partition coefficient (Wildman–Crippen LogP) is 3.55. The standard InChI is InChI=1S/C27H25ClN4O4/c28-22-13-6-4-9-19(22)17-29-24(33)15-8-16-31-26(35)21-12-5-7-14-23(21)32(27(31)36)18-25(34)30-20-10-2-1-3-11-20/h1-7,9-14H,8,15-18H2,(H,29,33)(H,30,34). The first-order chi connectivity index (χ1) is 17.4. The minimum Gasteiger partial charge on any atom is -0.352 e. The summed E-state index contributed by atoms with van der Waals surface area (Å²) in [6, 6.07) is 22.8. The third-order valence-electron chi connectivity index (χ3n) is 5.71. The Kier molecular flexibility index (Phi) is 7.97. The number of carbonyl (C=O) groups is 2. The molecule has 4 rings (SSSR count). The van der Waals surface area contributed by atoms with Crippen LogP contribution in [0.1, 0.15) is 18.4 Å². The van der Waals surface area contributed by atoms with Gasteiger partial charge in [-0.1, -0.05) is 60.1 Å². The van der Waals surface area contributed by atoms with Crippen LogP contribution in [0.4, 0.5) is 5.69 Å². The van der Waals surface area contributed by atoms with Crippen LogP contribution < -0.4 is 21.9 Å². The molecular weight excluding hydrogens is 480 g/mol. The summed E-state index contributed by atoms with van der Waals surface area (Å²) in [5.74, 6) is -0.607. The minimum absolute atomic E-state index is 0.0440. The minimum atomic E-state index is -0.599. The maximum atomic E-state index is 13.2. The van der Waals surface area contributed by atoms with E-state index in [-0.39, 0.29) is 38.4 Å². The fourth-order valence-corrected chi connectivity index (χ4v) is 4.11. The van der Waals surface area contributed by atoms with E-state index >= 15 is 0 Å². The van der Waals surface area contributed by atoms with Gasteiger partial charge in [-0.3, -0.25) is 23.5 Å². The van der Waals surface area contributed by atoms with Crippen LogP contribution in [0.15, 0.2) is 88.5 Å². The lowest BCUT2D eigenvalue weighted by Crippen LogP contribution is -2.42. The van der Waals surface area contributed by atoms with Crippen molar-refractivity contribution in [2.45, 2.75) is 32.5 Å². The molecule has 0 saturated carbocycles. The summed E-state index contributed by atoms with van der Waals surface area (Å²) in [7, 11) is 0. The zero-order valence-corrected chi connectivity index (χ0v) is 20.2. The Balaban J connectivity index is 1.48. The highest BCUT2D eigenvalue weighted by atomic mass is 35.5. The summed E-state index contributed by atoms with van der Waals surface area (Å²) in [6.07, 6.45) is 0.399. The highest BCUT2D eigenvalue weighted by molar-refractivity contribution is 6.31. The average Bonchev–Trinajstić information content (AvgIpc) is 2.88. The van der Waals surface area contributed by atoms with Crippen molar-refractivity contribution in [3.63, 3.8) is 0 Å². The number of amides is 2. The van der Waals surface area contributed by atoms with Crippen LogP contribution in [0.2, 0.25) is 5.02 Å². The lowest BCUT2D eigenvalue weighted by molar-refractivity contribution is -0.121. The number of nitrogens with one attached hydrogen (secondary N) is 2. The van der Waals surface area contributed by atoms with Gasteiger partial charge in [-0.15, -0.1) is 0 Å². The van der Waals surface area contributed by atoms with E-state index in [0.29, 0.717) is 21.6 Å². The summed E-state index contributed by atoms with van der Waals surface area (Å²) in [5.41, 5.74) is 0.737. The SMILES string of the molecule is O=C(CCCn1c(=O)c2ccccc2n(CC(=O)Nc2ccccc2)c1=O)NCc1ccccc1Cl. The molecule has 0 saturated heterocycles. The lowest BCUT2D eigenvalue weighted by Gasteiger charge is -2.14. The van der Waals surface area contributed by atoms with Crippen molar-refractivity contribution in [1.29, 1.82) is 0 Å². The van der Waals surface area contributed by atoms with Crippen molar-refractivity contribution < 1.29 is 9.59 Å². The molecule has 2 amide bonds. The third-order valence-corrected chi connectivity index (χ3v) is 6.08. The summed E-state index contributed by atoms with van der Waals surface area (Å²) in [6.45, 7) is 0.0763. The molecule has 0 radical (unpaired) electrons. The van der Waals surface area contributed by atoms with Crippen LogP contribution in [0.5, 0.6) is 0 Å². The summed E-state index contributed by atoms with van der Waals surface area (Å²) < 4.78 is 2.37. The molecule has 0 aliphatic heterocycles. The first-order valence-corrected chi connectivity index (χ1v) is 11.9. The molecule has 0 fully saturated rings. The second-order valence-corrected chi connectivity index (χ2v) is 8.64. The zero-order chi connectivity index (χ0) is 25.5. The van der Waals surface area contributed by atoms with Crippen molar-refractivity contribution in [2.24, 2.45) is 0 Å². The molecule has 2 N–H and O–H groups in total. The van der Waals surface area contributed by atoms with Crippen LogP contribution in [-0.4, -0.2) is 20.9 Å². The smallest absolute Gasteiger partial charge is 0.331 e. The van der Waals surface area contributed by atoms with Gasteiger partial charge in [0.15, 0.2) is 0 Å². The van der Waals surface area contributed by atoms with Gasteiger partial charge in [-0.2, -0.15) is 0 Å². The van der Waals surface area contributed by atoms with Gasteiger partial charge in [0, 0.05) is 30.2 Å². The average molecular weight is 505 g/mol. The monoisotopic (exact) mass is 504 g/mol. The van der Waals surface area contributed by atoms with Gasteiger partial charge >= 0.3 is 5.69 Å². The molecule has 36 heavy (non-hydrogen) atoms. The van der Waals surface area contributed by atoms with Crippen molar-refractivity contribution in [3.8, 4) is 0 Å². The number of nitrogens with zero attached hydrogens (tertiary/aromatic N) is 2. The second kappa shape index (κ2) is 11.5. The molecule has 184 valence electrons. The van der Waals surface area contributed by atoms with Crippen LogP contribution in [0.25, 0.3) is 10.9 Å². The molecule has 9 heteroatoms. The Hall–Kier alpha value is -4.17. The topological polar surface area (TPSA) is 102 Å². The predicted molar refractivity (Wildman–Crippen MR) is 140 cm³/mol. The highest BCUT2D eigenvalue weighted by Gasteiger charge is 2.16. The van der Waals surface area contributed by atoms with Gasteiger partial charge in [0.2, 0.25) is 11.8 Å².